The molecule has 0 aliphatic rings. The van der Waals surface area contributed by atoms with Crippen LogP contribution in [0.25, 0.3) is 0 Å². The smallest absolute Gasteiger partial charge is 0.549 e. The monoisotopic (exact) mass is 153 g/mol. The second-order valence-electron chi connectivity index (χ2n) is 2.98. The molecule has 0 rings (SSSR count). The number of carboxylic acid groups (broad SMARTS) is 1. The minimum atomic E-state index is -1.06. The van der Waals surface area contributed by atoms with Gasteiger partial charge in [0.1, 0.15) is 0 Å². The van der Waals surface area contributed by atoms with Crippen molar-refractivity contribution in [3.8, 4) is 0 Å². The third-order valence-corrected chi connectivity index (χ3v) is 0.763. The molecule has 0 atom stereocenters. The average Bonchev–Trinajstić information content (AvgIpc) is 1.59. The summed E-state index contributed by atoms with van der Waals surface area (Å²) >= 11 is 0. The molecule has 4 heteroatoms. The summed E-state index contributed by atoms with van der Waals surface area (Å²) in [4.78, 5) is 9.87. The van der Waals surface area contributed by atoms with E-state index >= 15 is 0 Å². The summed E-state index contributed by atoms with van der Waals surface area (Å²) in [5, 5.41) is 12.6. The van der Waals surface area contributed by atoms with Crippen molar-refractivity contribution in [3.05, 3.63) is 0 Å². The van der Waals surface area contributed by atoms with Gasteiger partial charge in [-0.05, 0) is 20.8 Å². The first-order valence-corrected chi connectivity index (χ1v) is 2.87. The van der Waals surface area contributed by atoms with Crippen LogP contribution in [-0.4, -0.2) is 18.1 Å². The summed E-state index contributed by atoms with van der Waals surface area (Å²) in [6.45, 7) is 5.62. The first kappa shape index (κ1) is 13.1. The van der Waals surface area contributed by atoms with E-state index in [9.17, 15) is 9.90 Å². The van der Waals surface area contributed by atoms with E-state index in [4.69, 9.17) is 0 Å². The zero-order valence-electron chi connectivity index (χ0n) is 7.02. The maximum absolute atomic E-state index is 9.87. The van der Waals surface area contributed by atoms with Gasteiger partial charge in [0.25, 0.3) is 0 Å². The quantitative estimate of drug-likeness (QED) is 0.413. The Morgan fingerprint density at radius 1 is 1.50 bits per heavy atom. The first-order valence-electron chi connectivity index (χ1n) is 2.87. The zero-order chi connectivity index (χ0) is 7.49. The number of carbonyl (C=O) groups is 1. The van der Waals surface area contributed by atoms with E-state index in [1.807, 2.05) is 20.8 Å². The number of carbonyl (C=O) groups excluding carboxylic acids is 1. The van der Waals surface area contributed by atoms with Crippen LogP contribution in [0.15, 0.2) is 0 Å². The van der Waals surface area contributed by atoms with E-state index in [2.05, 4.69) is 5.32 Å². The summed E-state index contributed by atoms with van der Waals surface area (Å²) in [5.74, 6) is -1.06. The van der Waals surface area contributed by atoms with Crippen molar-refractivity contribution in [2.75, 3.05) is 6.54 Å². The molecule has 0 radical (unpaired) electrons. The number of nitrogens with one attached hydrogen (secondary N) is 1. The fourth-order valence-corrected chi connectivity index (χ4v) is 0.337. The molecular weight excluding hydrogens is 141 g/mol. The van der Waals surface area contributed by atoms with Crippen LogP contribution in [-0.2, 0) is 4.79 Å². The van der Waals surface area contributed by atoms with Crippen LogP contribution in [0.1, 0.15) is 20.8 Å². The Morgan fingerprint density at radius 3 is 2.00 bits per heavy atom. The first-order chi connectivity index (χ1) is 3.92. The number of carboxylic acids is 1. The predicted octanol–water partition coefficient (Wildman–Crippen LogP) is -3.87. The molecule has 0 fully saturated rings. The molecule has 1 N–H and O–H groups in total. The van der Waals surface area contributed by atoms with Gasteiger partial charge in [-0.25, -0.2) is 0 Å². The summed E-state index contributed by atoms with van der Waals surface area (Å²) in [6.07, 6.45) is 0. The van der Waals surface area contributed by atoms with Crippen LogP contribution in [0.5, 0.6) is 0 Å². The minimum Gasteiger partial charge on any atom is -0.549 e. The largest absolute Gasteiger partial charge is 1.00 e. The predicted molar refractivity (Wildman–Crippen MR) is 32.8 cm³/mol. The zero-order valence-corrected chi connectivity index (χ0v) is 9.02. The molecule has 0 aliphatic heterocycles. The van der Waals surface area contributed by atoms with E-state index in [0.717, 1.165) is 0 Å². The molecule has 0 aromatic rings. The third-order valence-electron chi connectivity index (χ3n) is 0.763. The van der Waals surface area contributed by atoms with Crippen molar-refractivity contribution in [1.29, 1.82) is 0 Å². The van der Waals surface area contributed by atoms with Crippen molar-refractivity contribution in [2.45, 2.75) is 26.3 Å². The Bertz CT molecular complexity index is 109. The Hall–Kier alpha value is 0.430. The van der Waals surface area contributed by atoms with E-state index in [0.29, 0.717) is 0 Å². The van der Waals surface area contributed by atoms with Crippen molar-refractivity contribution < 1.29 is 39.5 Å². The number of hydrogen-bond donors (Lipinski definition) is 1. The summed E-state index contributed by atoms with van der Waals surface area (Å²) in [7, 11) is 0. The fraction of sp³-hybridized carbons (Fsp3) is 0.833. The number of hydrogen-bond acceptors (Lipinski definition) is 3. The van der Waals surface area contributed by atoms with Gasteiger partial charge in [-0.15, -0.1) is 0 Å². The maximum atomic E-state index is 9.87. The van der Waals surface area contributed by atoms with Crippen molar-refractivity contribution >= 4 is 5.97 Å². The van der Waals surface area contributed by atoms with Gasteiger partial charge in [0.15, 0.2) is 0 Å². The molecule has 3 nitrogen and oxygen atoms in total. The molecule has 0 bridgehead atoms. The van der Waals surface area contributed by atoms with E-state index in [1.54, 1.807) is 0 Å². The molecule has 0 saturated heterocycles. The third kappa shape index (κ3) is 11.3. The summed E-state index contributed by atoms with van der Waals surface area (Å²) in [5.41, 5.74) is -0.139. The van der Waals surface area contributed by atoms with Crippen LogP contribution < -0.4 is 40.0 Å². The molecule has 0 aliphatic carbocycles. The SMILES string of the molecule is CC(C)(C)NCC(=O)[O-].[Na+]. The van der Waals surface area contributed by atoms with Crippen LogP contribution in [0.2, 0.25) is 0 Å². The summed E-state index contributed by atoms with van der Waals surface area (Å²) < 4.78 is 0. The van der Waals surface area contributed by atoms with Crippen molar-refractivity contribution in [1.82, 2.24) is 5.32 Å². The van der Waals surface area contributed by atoms with Gasteiger partial charge in [-0.2, -0.15) is 0 Å². The molecule has 0 unspecified atom stereocenters. The van der Waals surface area contributed by atoms with Gasteiger partial charge in [-0.3, -0.25) is 0 Å². The average molecular weight is 153 g/mol. The maximum Gasteiger partial charge on any atom is 1.00 e. The van der Waals surface area contributed by atoms with Crippen LogP contribution in [0.4, 0.5) is 0 Å². The van der Waals surface area contributed by atoms with E-state index in [1.165, 1.54) is 0 Å². The van der Waals surface area contributed by atoms with Gasteiger partial charge >= 0.3 is 29.6 Å². The second-order valence-corrected chi connectivity index (χ2v) is 2.98. The van der Waals surface area contributed by atoms with Crippen LogP contribution in [0.3, 0.4) is 0 Å². The Balaban J connectivity index is 0. The molecule has 0 amide bonds. The second kappa shape index (κ2) is 5.13. The molecule has 0 aromatic heterocycles. The molecule has 0 heterocycles. The van der Waals surface area contributed by atoms with E-state index < -0.39 is 5.97 Å². The number of aliphatic carboxylic acids is 1. The van der Waals surface area contributed by atoms with Gasteiger partial charge in [-0.1, -0.05) is 0 Å². The molecular formula is C6H12NNaO2. The van der Waals surface area contributed by atoms with Crippen LogP contribution in [0, 0.1) is 0 Å². The fourth-order valence-electron chi connectivity index (χ4n) is 0.337. The van der Waals surface area contributed by atoms with Gasteiger partial charge in [0.2, 0.25) is 0 Å². The van der Waals surface area contributed by atoms with E-state index in [-0.39, 0.29) is 41.6 Å². The summed E-state index contributed by atoms with van der Waals surface area (Å²) in [6, 6.07) is 0. The molecule has 0 aromatic carbocycles. The molecule has 10 heavy (non-hydrogen) atoms. The van der Waals surface area contributed by atoms with Crippen LogP contribution >= 0.6 is 0 Å². The topological polar surface area (TPSA) is 52.2 Å². The minimum absolute atomic E-state index is 0. The normalized spacial score (nSPS) is 10.3. The Morgan fingerprint density at radius 2 is 1.90 bits per heavy atom. The van der Waals surface area contributed by atoms with Gasteiger partial charge in [0, 0.05) is 12.1 Å². The van der Waals surface area contributed by atoms with Crippen molar-refractivity contribution in [2.24, 2.45) is 0 Å². The van der Waals surface area contributed by atoms with Gasteiger partial charge in [0.05, 0.1) is 5.97 Å². The molecule has 0 spiro atoms. The van der Waals surface area contributed by atoms with Crippen molar-refractivity contribution in [3.63, 3.8) is 0 Å². The molecule has 0 saturated carbocycles. The number of rotatable bonds is 2. The Kier molecular flexibility index (Phi) is 6.69. The van der Waals surface area contributed by atoms with Gasteiger partial charge < -0.3 is 15.2 Å². The Labute approximate surface area is 83.5 Å². The molecule has 54 valence electrons. The standard InChI is InChI=1S/C6H13NO2.Na/c1-6(2,3)7-4-5(8)9;/h7H,4H2,1-3H3,(H,8,9);/q;+1/p-1.